The van der Waals surface area contributed by atoms with Crippen molar-refractivity contribution in [3.63, 3.8) is 0 Å². The Morgan fingerprint density at radius 1 is 1.03 bits per heavy atom. The van der Waals surface area contributed by atoms with Gasteiger partial charge in [0.2, 0.25) is 0 Å². The van der Waals surface area contributed by atoms with Gasteiger partial charge in [-0.3, -0.25) is 10.00 Å². The molecule has 0 unspecified atom stereocenters. The first-order valence-corrected chi connectivity index (χ1v) is 10.3. The topological polar surface area (TPSA) is 101 Å². The minimum Gasteiger partial charge on any atom is -0.447 e. The summed E-state index contributed by atoms with van der Waals surface area (Å²) in [6, 6.07) is 12.1. The van der Waals surface area contributed by atoms with Gasteiger partial charge in [-0.2, -0.15) is 10.2 Å². The van der Waals surface area contributed by atoms with Gasteiger partial charge in [-0.15, -0.1) is 0 Å². The molecular formula is C23H15F2N7O2. The number of H-pyrrole nitrogens is 1. The maximum absolute atomic E-state index is 13.8. The lowest BCUT2D eigenvalue weighted by Crippen LogP contribution is -2.28. The van der Waals surface area contributed by atoms with Gasteiger partial charge in [-0.25, -0.2) is 28.1 Å². The minimum atomic E-state index is -0.994. The molecule has 11 heteroatoms. The summed E-state index contributed by atoms with van der Waals surface area (Å²) in [5, 5.41) is 11.1. The van der Waals surface area contributed by atoms with Crippen LogP contribution in [-0.4, -0.2) is 42.5 Å². The van der Waals surface area contributed by atoms with E-state index in [4.69, 9.17) is 4.74 Å². The first kappa shape index (κ1) is 20.0. The van der Waals surface area contributed by atoms with Crippen molar-refractivity contribution in [2.75, 3.05) is 11.5 Å². The Labute approximate surface area is 190 Å². The van der Waals surface area contributed by atoms with Gasteiger partial charge in [0.1, 0.15) is 24.8 Å². The standard InChI is InChI=1S/C23H15F2N7O2/c24-17-6-5-15(9-18(17)25)19-11-34-23(33)32(19)20-7-8-31-22(29-20)16(10-28-31)13-1-3-14(4-2-13)21-26-12-27-30-21/h1-10,12,19H,11H2,(H,26,27,30)/t19-/m0/s1. The lowest BCUT2D eigenvalue weighted by molar-refractivity contribution is 0.179. The maximum Gasteiger partial charge on any atom is 0.416 e. The van der Waals surface area contributed by atoms with E-state index in [9.17, 15) is 13.6 Å². The van der Waals surface area contributed by atoms with Crippen LogP contribution in [0.3, 0.4) is 0 Å². The second-order valence-electron chi connectivity index (χ2n) is 7.65. The predicted octanol–water partition coefficient (Wildman–Crippen LogP) is 4.16. The molecule has 4 heterocycles. The fourth-order valence-electron chi connectivity index (χ4n) is 3.98. The lowest BCUT2D eigenvalue weighted by Gasteiger charge is -2.21. The smallest absolute Gasteiger partial charge is 0.416 e. The zero-order chi connectivity index (χ0) is 23.2. The highest BCUT2D eigenvalue weighted by Crippen LogP contribution is 2.34. The molecule has 0 radical (unpaired) electrons. The predicted molar refractivity (Wildman–Crippen MR) is 117 cm³/mol. The zero-order valence-corrected chi connectivity index (χ0v) is 17.4. The molecule has 9 nitrogen and oxygen atoms in total. The summed E-state index contributed by atoms with van der Waals surface area (Å²) in [4.78, 5) is 22.7. The highest BCUT2D eigenvalue weighted by molar-refractivity contribution is 5.90. The van der Waals surface area contributed by atoms with E-state index in [0.29, 0.717) is 22.9 Å². The number of rotatable bonds is 4. The number of cyclic esters (lactones) is 1. The number of ether oxygens (including phenoxy) is 1. The van der Waals surface area contributed by atoms with Gasteiger partial charge < -0.3 is 4.74 Å². The summed E-state index contributed by atoms with van der Waals surface area (Å²) >= 11 is 0. The Balaban J connectivity index is 1.38. The van der Waals surface area contributed by atoms with Crippen LogP contribution in [0, 0.1) is 11.6 Å². The number of halogens is 2. The number of hydrogen-bond acceptors (Lipinski definition) is 6. The molecule has 5 aromatic rings. The third-order valence-electron chi connectivity index (χ3n) is 5.67. The molecule has 0 spiro atoms. The van der Waals surface area contributed by atoms with Crippen LogP contribution < -0.4 is 4.90 Å². The van der Waals surface area contributed by atoms with Crippen LogP contribution in [0.5, 0.6) is 0 Å². The highest BCUT2D eigenvalue weighted by atomic mass is 19.2. The summed E-state index contributed by atoms with van der Waals surface area (Å²) in [5.41, 5.74) is 3.39. The van der Waals surface area contributed by atoms with Crippen molar-refractivity contribution in [1.29, 1.82) is 0 Å². The minimum absolute atomic E-state index is 0.00836. The van der Waals surface area contributed by atoms with Crippen molar-refractivity contribution in [1.82, 2.24) is 29.8 Å². The molecule has 6 rings (SSSR count). The molecule has 0 saturated carbocycles. The molecule has 1 N–H and O–H groups in total. The fraction of sp³-hybridized carbons (Fsp3) is 0.0870. The zero-order valence-electron chi connectivity index (χ0n) is 17.4. The first-order valence-electron chi connectivity index (χ1n) is 10.3. The second-order valence-corrected chi connectivity index (χ2v) is 7.65. The van der Waals surface area contributed by atoms with Gasteiger partial charge in [0.15, 0.2) is 23.1 Å². The third kappa shape index (κ3) is 3.25. The van der Waals surface area contributed by atoms with Gasteiger partial charge in [-0.05, 0) is 29.3 Å². The Hall–Kier alpha value is -4.67. The molecule has 0 bridgehead atoms. The van der Waals surface area contributed by atoms with E-state index >= 15 is 0 Å². The first-order chi connectivity index (χ1) is 16.6. The quantitative estimate of drug-likeness (QED) is 0.433. The van der Waals surface area contributed by atoms with E-state index in [1.807, 2.05) is 24.3 Å². The van der Waals surface area contributed by atoms with E-state index in [-0.39, 0.29) is 6.61 Å². The molecule has 3 aromatic heterocycles. The van der Waals surface area contributed by atoms with E-state index in [1.54, 1.807) is 23.0 Å². The number of amides is 1. The van der Waals surface area contributed by atoms with Crippen LogP contribution in [0.25, 0.3) is 28.2 Å². The summed E-state index contributed by atoms with van der Waals surface area (Å²) in [7, 11) is 0. The molecule has 2 aromatic carbocycles. The van der Waals surface area contributed by atoms with E-state index in [0.717, 1.165) is 28.8 Å². The van der Waals surface area contributed by atoms with E-state index in [1.165, 1.54) is 17.3 Å². The summed E-state index contributed by atoms with van der Waals surface area (Å²) < 4.78 is 34.0. The Kier molecular flexibility index (Phi) is 4.54. The van der Waals surface area contributed by atoms with Crippen molar-refractivity contribution in [3.05, 3.63) is 84.4 Å². The van der Waals surface area contributed by atoms with Crippen molar-refractivity contribution in [2.45, 2.75) is 6.04 Å². The number of nitrogens with one attached hydrogen (secondary N) is 1. The summed E-state index contributed by atoms with van der Waals surface area (Å²) in [6.45, 7) is -0.00836. The normalized spacial score (nSPS) is 15.8. The van der Waals surface area contributed by atoms with Gasteiger partial charge in [0.25, 0.3) is 0 Å². The maximum atomic E-state index is 13.8. The van der Waals surface area contributed by atoms with Crippen LogP contribution in [0.1, 0.15) is 11.6 Å². The van der Waals surface area contributed by atoms with Crippen LogP contribution in [0.4, 0.5) is 19.4 Å². The molecule has 0 aliphatic carbocycles. The number of hydrogen-bond donors (Lipinski definition) is 1. The Morgan fingerprint density at radius 3 is 2.62 bits per heavy atom. The third-order valence-corrected chi connectivity index (χ3v) is 5.67. The van der Waals surface area contributed by atoms with Crippen LogP contribution in [0.2, 0.25) is 0 Å². The second kappa shape index (κ2) is 7.73. The van der Waals surface area contributed by atoms with Gasteiger partial charge >= 0.3 is 6.09 Å². The average molecular weight is 459 g/mol. The SMILES string of the molecule is O=C1OC[C@@H](c2ccc(F)c(F)c2)N1c1ccn2ncc(-c3ccc(-c4nc[nH]n4)cc3)c2n1. The van der Waals surface area contributed by atoms with Crippen molar-refractivity contribution < 1.29 is 18.3 Å². The van der Waals surface area contributed by atoms with Crippen molar-refractivity contribution >= 4 is 17.6 Å². The van der Waals surface area contributed by atoms with Crippen LogP contribution in [-0.2, 0) is 4.74 Å². The number of carbonyl (C=O) groups excluding carboxylic acids is 1. The molecule has 168 valence electrons. The molecule has 1 saturated heterocycles. The number of carbonyl (C=O) groups is 1. The van der Waals surface area contributed by atoms with E-state index in [2.05, 4.69) is 25.3 Å². The fourth-order valence-corrected chi connectivity index (χ4v) is 3.98. The molecule has 1 atom stereocenters. The number of anilines is 1. The molecule has 1 amide bonds. The summed E-state index contributed by atoms with van der Waals surface area (Å²) in [5.74, 6) is -1.06. The summed E-state index contributed by atoms with van der Waals surface area (Å²) in [6.07, 6.45) is 4.25. The molecule has 1 fully saturated rings. The largest absolute Gasteiger partial charge is 0.447 e. The van der Waals surface area contributed by atoms with Gasteiger partial charge in [0, 0.05) is 17.3 Å². The number of aromatic amines is 1. The Morgan fingerprint density at radius 2 is 1.85 bits per heavy atom. The monoisotopic (exact) mass is 459 g/mol. The number of benzene rings is 2. The molecule has 1 aliphatic rings. The lowest BCUT2D eigenvalue weighted by atomic mass is 10.1. The van der Waals surface area contributed by atoms with Crippen LogP contribution in [0.15, 0.2) is 67.3 Å². The molecule has 1 aliphatic heterocycles. The highest BCUT2D eigenvalue weighted by Gasteiger charge is 2.37. The van der Waals surface area contributed by atoms with Gasteiger partial charge in [0.05, 0.1) is 6.20 Å². The van der Waals surface area contributed by atoms with Crippen molar-refractivity contribution in [2.24, 2.45) is 0 Å². The number of fused-ring (bicyclic) bond motifs is 1. The van der Waals surface area contributed by atoms with Crippen LogP contribution >= 0.6 is 0 Å². The Bertz CT molecular complexity index is 1520. The number of aromatic nitrogens is 6. The van der Waals surface area contributed by atoms with Crippen molar-refractivity contribution in [3.8, 4) is 22.5 Å². The van der Waals surface area contributed by atoms with Gasteiger partial charge in [-0.1, -0.05) is 30.3 Å². The molecular weight excluding hydrogens is 444 g/mol. The average Bonchev–Trinajstić information content (AvgIpc) is 3.60. The van der Waals surface area contributed by atoms with E-state index < -0.39 is 23.8 Å². The molecule has 34 heavy (non-hydrogen) atoms. The number of nitrogens with zero attached hydrogens (tertiary/aromatic N) is 6.